The molecule has 0 bridgehead atoms. The molecule has 0 radical (unpaired) electrons. The smallest absolute Gasteiger partial charge is 0.315 e. The van der Waals surface area contributed by atoms with Crippen molar-refractivity contribution in [3.63, 3.8) is 0 Å². The Morgan fingerprint density at radius 3 is 2.46 bits per heavy atom. The fourth-order valence-electron chi connectivity index (χ4n) is 5.06. The van der Waals surface area contributed by atoms with Gasteiger partial charge < -0.3 is 25.8 Å². The van der Waals surface area contributed by atoms with Crippen molar-refractivity contribution in [1.29, 1.82) is 0 Å². The third-order valence-electron chi connectivity index (χ3n) is 8.02. The maximum absolute atomic E-state index is 13.0. The summed E-state index contributed by atoms with van der Waals surface area (Å²) in [4.78, 5) is 54.5. The SMILES string of the molecule is CCCCC/C=C\C(C)C(C)NC(=O)[C@@H]1CCCN1C(=O)CNC(=O)NC(CN1CCCCC1=O)C(C)(C)C. The molecular formula is C30H53N5O4. The molecule has 2 aliphatic heterocycles. The van der Waals surface area contributed by atoms with E-state index in [9.17, 15) is 19.2 Å². The summed E-state index contributed by atoms with van der Waals surface area (Å²) in [7, 11) is 0. The first-order chi connectivity index (χ1) is 18.4. The molecular weight excluding hydrogens is 494 g/mol. The highest BCUT2D eigenvalue weighted by molar-refractivity contribution is 5.90. The number of piperidine rings is 1. The van der Waals surface area contributed by atoms with Crippen LogP contribution in [0.5, 0.6) is 0 Å². The van der Waals surface area contributed by atoms with Crippen LogP contribution in [0.3, 0.4) is 0 Å². The molecule has 2 fully saturated rings. The summed E-state index contributed by atoms with van der Waals surface area (Å²) in [6, 6.07) is -1.26. The summed E-state index contributed by atoms with van der Waals surface area (Å²) in [6.07, 6.45) is 12.8. The topological polar surface area (TPSA) is 111 Å². The Morgan fingerprint density at radius 2 is 1.79 bits per heavy atom. The summed E-state index contributed by atoms with van der Waals surface area (Å²) in [6.45, 7) is 13.8. The van der Waals surface area contributed by atoms with E-state index in [1.165, 1.54) is 19.3 Å². The summed E-state index contributed by atoms with van der Waals surface area (Å²) < 4.78 is 0. The number of carbonyl (C=O) groups is 4. The van der Waals surface area contributed by atoms with Crippen LogP contribution in [-0.4, -0.2) is 77.9 Å². The Labute approximate surface area is 235 Å². The molecule has 0 aromatic carbocycles. The lowest BCUT2D eigenvalue weighted by Crippen LogP contribution is -2.56. The number of nitrogens with zero attached hydrogens (tertiary/aromatic N) is 2. The van der Waals surface area contributed by atoms with Gasteiger partial charge in [0.1, 0.15) is 6.04 Å². The predicted molar refractivity (Wildman–Crippen MR) is 155 cm³/mol. The highest BCUT2D eigenvalue weighted by Crippen LogP contribution is 2.22. The van der Waals surface area contributed by atoms with Crippen LogP contribution in [0.2, 0.25) is 0 Å². The average Bonchev–Trinajstić information content (AvgIpc) is 3.37. The fourth-order valence-corrected chi connectivity index (χ4v) is 5.06. The van der Waals surface area contributed by atoms with E-state index in [4.69, 9.17) is 0 Å². The number of urea groups is 1. The van der Waals surface area contributed by atoms with Crippen LogP contribution in [0.4, 0.5) is 4.79 Å². The Balaban J connectivity index is 1.85. The molecule has 3 unspecified atom stereocenters. The third-order valence-corrected chi connectivity index (χ3v) is 8.02. The summed E-state index contributed by atoms with van der Waals surface area (Å²) in [5.74, 6) is -0.0821. The van der Waals surface area contributed by atoms with Gasteiger partial charge in [-0.1, -0.05) is 59.6 Å². The number of amides is 5. The fraction of sp³-hybridized carbons (Fsp3) is 0.800. The standard InChI is InChI=1S/C30H53N5O4/c1-7-8-9-10-11-15-22(2)23(3)32-28(38)24-16-14-19-35(24)27(37)20-31-29(39)33-25(30(4,5)6)21-34-18-13-12-17-26(34)36/h11,15,22-25H,7-10,12-14,16-21H2,1-6H3,(H,32,38)(H2,31,33,39)/b15-11-/t22?,23?,24-,25?/m0/s1. The summed E-state index contributed by atoms with van der Waals surface area (Å²) in [5.41, 5.74) is -0.268. The zero-order valence-corrected chi connectivity index (χ0v) is 25.2. The first kappa shape index (κ1) is 32.6. The maximum atomic E-state index is 13.0. The van der Waals surface area contributed by atoms with E-state index in [0.717, 1.165) is 25.7 Å². The van der Waals surface area contributed by atoms with Gasteiger partial charge in [-0.05, 0) is 56.8 Å². The lowest BCUT2D eigenvalue weighted by atomic mass is 9.86. The Bertz CT molecular complexity index is 853. The van der Waals surface area contributed by atoms with Crippen molar-refractivity contribution in [2.45, 2.75) is 117 Å². The second-order valence-corrected chi connectivity index (χ2v) is 12.4. The first-order valence-corrected chi connectivity index (χ1v) is 15.0. The molecule has 222 valence electrons. The molecule has 0 spiro atoms. The number of hydrogen-bond donors (Lipinski definition) is 3. The molecule has 0 aliphatic carbocycles. The number of hydrogen-bond acceptors (Lipinski definition) is 4. The van der Waals surface area contributed by atoms with Crippen LogP contribution in [0, 0.1) is 11.3 Å². The van der Waals surface area contributed by atoms with Crippen LogP contribution in [-0.2, 0) is 14.4 Å². The summed E-state index contributed by atoms with van der Waals surface area (Å²) in [5, 5.41) is 8.74. The van der Waals surface area contributed by atoms with E-state index in [-0.39, 0.29) is 47.7 Å². The number of unbranched alkanes of at least 4 members (excludes halogenated alkanes) is 3. The Morgan fingerprint density at radius 1 is 1.05 bits per heavy atom. The minimum atomic E-state index is -0.516. The molecule has 9 heteroatoms. The normalized spacial score (nSPS) is 20.6. The van der Waals surface area contributed by atoms with Gasteiger partial charge in [0.05, 0.1) is 12.6 Å². The largest absolute Gasteiger partial charge is 0.351 e. The zero-order chi connectivity index (χ0) is 29.0. The minimum Gasteiger partial charge on any atom is -0.351 e. The molecule has 9 nitrogen and oxygen atoms in total. The van der Waals surface area contributed by atoms with E-state index in [2.05, 4.69) is 41.9 Å². The third kappa shape index (κ3) is 10.8. The van der Waals surface area contributed by atoms with Gasteiger partial charge in [-0.2, -0.15) is 0 Å². The molecule has 2 heterocycles. The van der Waals surface area contributed by atoms with Crippen molar-refractivity contribution in [3.05, 3.63) is 12.2 Å². The van der Waals surface area contributed by atoms with Crippen molar-refractivity contribution in [1.82, 2.24) is 25.8 Å². The van der Waals surface area contributed by atoms with E-state index in [0.29, 0.717) is 32.5 Å². The molecule has 39 heavy (non-hydrogen) atoms. The molecule has 4 atom stereocenters. The van der Waals surface area contributed by atoms with E-state index >= 15 is 0 Å². The van der Waals surface area contributed by atoms with Crippen LogP contribution in [0.15, 0.2) is 12.2 Å². The molecule has 0 aromatic rings. The predicted octanol–water partition coefficient (Wildman–Crippen LogP) is 3.98. The van der Waals surface area contributed by atoms with Gasteiger partial charge in [0.25, 0.3) is 0 Å². The Kier molecular flexibility index (Phi) is 13.3. The van der Waals surface area contributed by atoms with Gasteiger partial charge in [-0.25, -0.2) is 4.79 Å². The maximum Gasteiger partial charge on any atom is 0.315 e. The van der Waals surface area contributed by atoms with Crippen LogP contribution in [0.1, 0.15) is 99.3 Å². The lowest BCUT2D eigenvalue weighted by molar-refractivity contribution is -0.138. The molecule has 3 N–H and O–H groups in total. The van der Waals surface area contributed by atoms with Gasteiger partial charge in [0.2, 0.25) is 17.7 Å². The second kappa shape index (κ2) is 15.9. The van der Waals surface area contributed by atoms with Gasteiger partial charge in [-0.3, -0.25) is 14.4 Å². The van der Waals surface area contributed by atoms with Crippen molar-refractivity contribution >= 4 is 23.8 Å². The van der Waals surface area contributed by atoms with Crippen molar-refractivity contribution < 1.29 is 19.2 Å². The molecule has 2 rings (SSSR count). The molecule has 5 amide bonds. The monoisotopic (exact) mass is 547 g/mol. The number of rotatable bonds is 13. The Hall–Kier alpha value is -2.58. The van der Waals surface area contributed by atoms with Crippen LogP contribution < -0.4 is 16.0 Å². The quantitative estimate of drug-likeness (QED) is 0.239. The van der Waals surface area contributed by atoms with Crippen molar-refractivity contribution in [3.8, 4) is 0 Å². The van der Waals surface area contributed by atoms with Gasteiger partial charge in [0.15, 0.2) is 0 Å². The molecule has 0 saturated carbocycles. The highest BCUT2D eigenvalue weighted by Gasteiger charge is 2.35. The number of likely N-dealkylation sites (tertiary alicyclic amines) is 2. The van der Waals surface area contributed by atoms with Crippen LogP contribution in [0.25, 0.3) is 0 Å². The number of nitrogens with one attached hydrogen (secondary N) is 3. The van der Waals surface area contributed by atoms with E-state index < -0.39 is 12.1 Å². The summed E-state index contributed by atoms with van der Waals surface area (Å²) >= 11 is 0. The van der Waals surface area contributed by atoms with Gasteiger partial charge in [0, 0.05) is 32.1 Å². The van der Waals surface area contributed by atoms with Crippen molar-refractivity contribution in [2.24, 2.45) is 11.3 Å². The molecule has 0 aromatic heterocycles. The van der Waals surface area contributed by atoms with E-state index in [1.54, 1.807) is 4.90 Å². The minimum absolute atomic E-state index is 0.0394. The van der Waals surface area contributed by atoms with Crippen molar-refractivity contribution in [2.75, 3.05) is 26.2 Å². The highest BCUT2D eigenvalue weighted by atomic mass is 16.2. The van der Waals surface area contributed by atoms with Gasteiger partial charge >= 0.3 is 6.03 Å². The number of carbonyl (C=O) groups excluding carboxylic acids is 4. The van der Waals surface area contributed by atoms with E-state index in [1.807, 2.05) is 32.6 Å². The molecule has 2 saturated heterocycles. The lowest BCUT2D eigenvalue weighted by Gasteiger charge is -2.37. The second-order valence-electron chi connectivity index (χ2n) is 12.4. The average molecular weight is 548 g/mol. The molecule has 2 aliphatic rings. The van der Waals surface area contributed by atoms with Crippen LogP contribution >= 0.6 is 0 Å². The first-order valence-electron chi connectivity index (χ1n) is 15.0. The van der Waals surface area contributed by atoms with Gasteiger partial charge in [-0.15, -0.1) is 0 Å². The zero-order valence-electron chi connectivity index (χ0n) is 25.2. The number of allylic oxidation sites excluding steroid dienone is 1.